The lowest BCUT2D eigenvalue weighted by Gasteiger charge is -2.16. The smallest absolute Gasteiger partial charge is 0.185 e. The first-order valence-electron chi connectivity index (χ1n) is 8.23. The standard InChI is InChI=1S/C20H22O4S/c1-11-5-7-15(9-13(11)3)19-17(21)18(22)20(25(19,23)24)16-8-6-12(2)14(4)10-16/h5-10,17,19-21H,1-4H3/t17-,19-,20-/m1/s1. The van der Waals surface area contributed by atoms with E-state index in [9.17, 15) is 18.3 Å². The molecule has 1 heterocycles. The molecule has 0 radical (unpaired) electrons. The summed E-state index contributed by atoms with van der Waals surface area (Å²) in [4.78, 5) is 12.6. The molecular weight excluding hydrogens is 336 g/mol. The maximum Gasteiger partial charge on any atom is 0.185 e. The Kier molecular flexibility index (Phi) is 4.33. The highest BCUT2D eigenvalue weighted by Gasteiger charge is 2.55. The van der Waals surface area contributed by atoms with Crippen molar-refractivity contribution in [1.82, 2.24) is 0 Å². The predicted octanol–water partition coefficient (Wildman–Crippen LogP) is 3.06. The minimum absolute atomic E-state index is 0.429. The topological polar surface area (TPSA) is 71.4 Å². The van der Waals surface area contributed by atoms with Gasteiger partial charge in [0.25, 0.3) is 0 Å². The summed E-state index contributed by atoms with van der Waals surface area (Å²) < 4.78 is 26.3. The van der Waals surface area contributed by atoms with Crippen LogP contribution in [0.4, 0.5) is 0 Å². The Hall–Kier alpha value is -1.98. The zero-order chi connectivity index (χ0) is 18.5. The lowest BCUT2D eigenvalue weighted by Crippen LogP contribution is -2.21. The highest BCUT2D eigenvalue weighted by atomic mass is 32.2. The van der Waals surface area contributed by atoms with E-state index in [2.05, 4.69) is 0 Å². The summed E-state index contributed by atoms with van der Waals surface area (Å²) in [7, 11) is -3.89. The fourth-order valence-electron chi connectivity index (χ4n) is 3.39. The van der Waals surface area contributed by atoms with Crippen molar-refractivity contribution < 1.29 is 18.3 Å². The van der Waals surface area contributed by atoms with Crippen LogP contribution in [-0.4, -0.2) is 25.4 Å². The first kappa shape index (κ1) is 17.8. The molecule has 0 aliphatic carbocycles. The number of ketones is 1. The van der Waals surface area contributed by atoms with E-state index >= 15 is 0 Å². The third kappa shape index (κ3) is 2.81. The Morgan fingerprint density at radius 2 is 1.28 bits per heavy atom. The second kappa shape index (κ2) is 6.07. The molecule has 0 aromatic heterocycles. The minimum atomic E-state index is -3.89. The highest BCUT2D eigenvalue weighted by Crippen LogP contribution is 2.45. The molecule has 2 aromatic carbocycles. The number of Topliss-reactive ketones (excluding diaryl/α,β-unsaturated/α-hetero) is 1. The van der Waals surface area contributed by atoms with Gasteiger partial charge in [0.05, 0.1) is 0 Å². The molecule has 4 nitrogen and oxygen atoms in total. The van der Waals surface area contributed by atoms with E-state index in [0.717, 1.165) is 22.3 Å². The molecule has 25 heavy (non-hydrogen) atoms. The van der Waals surface area contributed by atoms with Gasteiger partial charge in [-0.3, -0.25) is 4.79 Å². The van der Waals surface area contributed by atoms with Gasteiger partial charge in [-0.25, -0.2) is 8.42 Å². The fraction of sp³-hybridized carbons (Fsp3) is 0.350. The van der Waals surface area contributed by atoms with Crippen molar-refractivity contribution in [2.75, 3.05) is 0 Å². The average molecular weight is 358 g/mol. The van der Waals surface area contributed by atoms with Gasteiger partial charge in [0.1, 0.15) is 16.6 Å². The fourth-order valence-corrected chi connectivity index (χ4v) is 5.69. The lowest BCUT2D eigenvalue weighted by molar-refractivity contribution is -0.125. The summed E-state index contributed by atoms with van der Waals surface area (Å²) in [5, 5.41) is 7.91. The van der Waals surface area contributed by atoms with Gasteiger partial charge in [-0.2, -0.15) is 0 Å². The van der Waals surface area contributed by atoms with E-state index in [0.29, 0.717) is 11.1 Å². The highest BCUT2D eigenvalue weighted by molar-refractivity contribution is 7.93. The van der Waals surface area contributed by atoms with Crippen LogP contribution in [0.15, 0.2) is 36.4 Å². The van der Waals surface area contributed by atoms with Gasteiger partial charge >= 0.3 is 0 Å². The molecule has 0 unspecified atom stereocenters. The third-order valence-corrected chi connectivity index (χ3v) is 7.61. The van der Waals surface area contributed by atoms with Gasteiger partial charge in [-0.15, -0.1) is 0 Å². The number of benzene rings is 2. The quantitative estimate of drug-likeness (QED) is 0.896. The largest absolute Gasteiger partial charge is 0.384 e. The molecule has 1 aliphatic rings. The summed E-state index contributed by atoms with van der Waals surface area (Å²) in [5.74, 6) is -0.647. The average Bonchev–Trinajstić information content (AvgIpc) is 2.71. The van der Waals surface area contributed by atoms with Crippen LogP contribution < -0.4 is 0 Å². The number of hydrogen-bond donors (Lipinski definition) is 1. The Morgan fingerprint density at radius 1 is 0.800 bits per heavy atom. The van der Waals surface area contributed by atoms with Gasteiger partial charge in [0, 0.05) is 0 Å². The van der Waals surface area contributed by atoms with Gasteiger partial charge in [0.15, 0.2) is 15.6 Å². The number of aliphatic hydroxyl groups excluding tert-OH is 1. The second-order valence-corrected chi connectivity index (χ2v) is 9.08. The monoisotopic (exact) mass is 358 g/mol. The molecule has 132 valence electrons. The maximum absolute atomic E-state index is 13.1. The zero-order valence-corrected chi connectivity index (χ0v) is 15.6. The van der Waals surface area contributed by atoms with Crippen LogP contribution in [0.2, 0.25) is 0 Å². The number of carbonyl (C=O) groups excluding carboxylic acids is 1. The summed E-state index contributed by atoms with van der Waals surface area (Å²) in [6.07, 6.45) is -1.54. The van der Waals surface area contributed by atoms with Crippen molar-refractivity contribution >= 4 is 15.6 Å². The first-order valence-corrected chi connectivity index (χ1v) is 9.84. The Morgan fingerprint density at radius 3 is 1.80 bits per heavy atom. The molecule has 0 saturated carbocycles. The molecule has 3 atom stereocenters. The van der Waals surface area contributed by atoms with E-state index < -0.39 is 32.2 Å². The maximum atomic E-state index is 13.1. The summed E-state index contributed by atoms with van der Waals surface area (Å²) in [5.41, 5.74) is 4.81. The van der Waals surface area contributed by atoms with Gasteiger partial charge in [-0.1, -0.05) is 36.4 Å². The van der Waals surface area contributed by atoms with Crippen molar-refractivity contribution in [3.8, 4) is 0 Å². The number of aliphatic hydroxyl groups is 1. The minimum Gasteiger partial charge on any atom is -0.384 e. The molecule has 1 saturated heterocycles. The summed E-state index contributed by atoms with van der Waals surface area (Å²) in [6, 6.07) is 10.5. The van der Waals surface area contributed by atoms with Gasteiger partial charge in [-0.05, 0) is 61.1 Å². The predicted molar refractivity (Wildman–Crippen MR) is 97.2 cm³/mol. The number of rotatable bonds is 2. The van der Waals surface area contributed by atoms with Crippen molar-refractivity contribution in [3.05, 3.63) is 69.8 Å². The van der Waals surface area contributed by atoms with Crippen LogP contribution in [0.1, 0.15) is 43.9 Å². The van der Waals surface area contributed by atoms with E-state index in [1.165, 1.54) is 0 Å². The molecule has 3 rings (SSSR count). The summed E-state index contributed by atoms with van der Waals surface area (Å²) >= 11 is 0. The second-order valence-electron chi connectivity index (χ2n) is 6.92. The lowest BCUT2D eigenvalue weighted by atomic mass is 9.96. The number of aryl methyl sites for hydroxylation is 4. The molecule has 5 heteroatoms. The zero-order valence-electron chi connectivity index (χ0n) is 14.8. The van der Waals surface area contributed by atoms with Crippen molar-refractivity contribution in [2.24, 2.45) is 0 Å². The van der Waals surface area contributed by atoms with Crippen LogP contribution in [0.3, 0.4) is 0 Å². The van der Waals surface area contributed by atoms with Crippen molar-refractivity contribution in [3.63, 3.8) is 0 Å². The molecule has 1 fully saturated rings. The number of sulfone groups is 1. The Balaban J connectivity index is 2.13. The molecule has 2 aromatic rings. The Labute approximate surface area is 148 Å². The molecule has 1 N–H and O–H groups in total. The van der Waals surface area contributed by atoms with Crippen LogP contribution in [0.25, 0.3) is 0 Å². The molecule has 0 spiro atoms. The van der Waals surface area contributed by atoms with E-state index in [4.69, 9.17) is 0 Å². The molecule has 0 bridgehead atoms. The van der Waals surface area contributed by atoms with Crippen LogP contribution >= 0.6 is 0 Å². The van der Waals surface area contributed by atoms with Crippen molar-refractivity contribution in [1.29, 1.82) is 0 Å². The van der Waals surface area contributed by atoms with Crippen LogP contribution in [0.5, 0.6) is 0 Å². The normalized spacial score (nSPS) is 25.3. The van der Waals surface area contributed by atoms with E-state index in [1.54, 1.807) is 24.3 Å². The SMILES string of the molecule is Cc1ccc([C@@H]2[C@H](O)C(=O)[C@@H](c3ccc(C)c(C)c3)S2(=O)=O)cc1C. The number of hydrogen-bond acceptors (Lipinski definition) is 4. The van der Waals surface area contributed by atoms with Gasteiger partial charge < -0.3 is 5.11 Å². The molecule has 1 aliphatic heterocycles. The van der Waals surface area contributed by atoms with Crippen molar-refractivity contribution in [2.45, 2.75) is 44.3 Å². The van der Waals surface area contributed by atoms with Gasteiger partial charge in [0.2, 0.25) is 0 Å². The molecule has 0 amide bonds. The summed E-state index contributed by atoms with van der Waals surface area (Å²) in [6.45, 7) is 7.62. The van der Waals surface area contributed by atoms with Crippen LogP contribution in [-0.2, 0) is 14.6 Å². The van der Waals surface area contributed by atoms with Crippen LogP contribution in [0, 0.1) is 27.7 Å². The first-order chi connectivity index (χ1) is 11.6. The number of carbonyl (C=O) groups is 1. The Bertz CT molecular complexity index is 960. The van der Waals surface area contributed by atoms with E-state index in [1.807, 2.05) is 39.8 Å². The van der Waals surface area contributed by atoms with E-state index in [-0.39, 0.29) is 0 Å². The molecular formula is C20H22O4S. The third-order valence-electron chi connectivity index (χ3n) is 5.21.